The maximum atomic E-state index is 14.0. The number of aliphatic hydroxyl groups is 1. The number of alkyl halides is 5. The molecule has 3 N–H and O–H groups in total. The molecule has 2 aliphatic rings. The molecule has 2 amide bonds. The van der Waals surface area contributed by atoms with Crippen LogP contribution in [-0.2, 0) is 0 Å². The Hall–Kier alpha value is -2.87. The summed E-state index contributed by atoms with van der Waals surface area (Å²) in [4.78, 5) is 35.8. The number of carbonyl (C=O) groups excluding carboxylic acids is 2. The Morgan fingerprint density at radius 2 is 1.92 bits per heavy atom. The lowest BCUT2D eigenvalue weighted by atomic mass is 9.77. The highest BCUT2D eigenvalue weighted by Gasteiger charge is 2.46. The highest BCUT2D eigenvalue weighted by molar-refractivity contribution is 7.17. The van der Waals surface area contributed by atoms with Gasteiger partial charge >= 0.3 is 6.18 Å². The molecule has 208 valence electrons. The summed E-state index contributed by atoms with van der Waals surface area (Å²) in [6.07, 6.45) is -3.05. The summed E-state index contributed by atoms with van der Waals surface area (Å²) in [6.45, 7) is 4.89. The van der Waals surface area contributed by atoms with Crippen LogP contribution in [-0.4, -0.2) is 74.2 Å². The number of nitrogens with zero attached hydrogens (tertiary/aromatic N) is 3. The SMILES string of the molecule is Cc1cc(N[C@@H](C)C(F)(F)F)ncc1-c1sc(C(=O)NC2CC(C)(O)C2)nc1C(=O)N1CC(F)(F)C[C@@H]1C. The van der Waals surface area contributed by atoms with E-state index >= 15 is 0 Å². The molecule has 38 heavy (non-hydrogen) atoms. The molecule has 8 nitrogen and oxygen atoms in total. The minimum Gasteiger partial charge on any atom is -0.390 e. The van der Waals surface area contributed by atoms with Crippen molar-refractivity contribution in [2.45, 2.75) is 82.8 Å². The third-order valence-corrected chi connectivity index (χ3v) is 7.82. The second-order valence-electron chi connectivity index (χ2n) is 10.4. The molecule has 0 spiro atoms. The van der Waals surface area contributed by atoms with Gasteiger partial charge in [0, 0.05) is 30.3 Å². The molecule has 2 fully saturated rings. The number of nitrogens with one attached hydrogen (secondary N) is 2. The number of hydrogen-bond donors (Lipinski definition) is 3. The van der Waals surface area contributed by atoms with Crippen LogP contribution in [0.25, 0.3) is 10.4 Å². The number of aryl methyl sites for hydroxylation is 1. The summed E-state index contributed by atoms with van der Waals surface area (Å²) < 4.78 is 66.9. The number of pyridine rings is 1. The van der Waals surface area contributed by atoms with E-state index in [1.54, 1.807) is 13.8 Å². The van der Waals surface area contributed by atoms with Crippen LogP contribution in [0.5, 0.6) is 0 Å². The van der Waals surface area contributed by atoms with E-state index in [9.17, 15) is 36.6 Å². The van der Waals surface area contributed by atoms with Crippen LogP contribution in [0.3, 0.4) is 0 Å². The Balaban J connectivity index is 1.67. The van der Waals surface area contributed by atoms with Gasteiger partial charge in [0.25, 0.3) is 17.7 Å². The topological polar surface area (TPSA) is 107 Å². The lowest BCUT2D eigenvalue weighted by Gasteiger charge is -2.40. The van der Waals surface area contributed by atoms with Crippen LogP contribution >= 0.6 is 11.3 Å². The highest BCUT2D eigenvalue weighted by atomic mass is 32.1. The number of halogens is 5. The molecule has 0 unspecified atom stereocenters. The molecular formula is C24H28F5N5O3S. The predicted molar refractivity (Wildman–Crippen MR) is 130 cm³/mol. The lowest BCUT2D eigenvalue weighted by Crippen LogP contribution is -2.53. The maximum absolute atomic E-state index is 14.0. The molecule has 0 aromatic carbocycles. The van der Waals surface area contributed by atoms with Gasteiger partial charge in [-0.05, 0) is 52.2 Å². The summed E-state index contributed by atoms with van der Waals surface area (Å²) in [5.74, 6) is -4.47. The van der Waals surface area contributed by atoms with Gasteiger partial charge in [0.1, 0.15) is 17.6 Å². The molecule has 14 heteroatoms. The van der Waals surface area contributed by atoms with Gasteiger partial charge in [-0.25, -0.2) is 18.7 Å². The van der Waals surface area contributed by atoms with E-state index in [0.29, 0.717) is 24.0 Å². The third kappa shape index (κ3) is 5.90. The second-order valence-corrected chi connectivity index (χ2v) is 11.4. The number of anilines is 1. The first-order valence-corrected chi connectivity index (χ1v) is 12.8. The zero-order valence-corrected chi connectivity index (χ0v) is 21.9. The van der Waals surface area contributed by atoms with Gasteiger partial charge in [0.15, 0.2) is 5.01 Å². The molecular weight excluding hydrogens is 533 g/mol. The van der Waals surface area contributed by atoms with Crippen LogP contribution in [0.15, 0.2) is 12.3 Å². The Bertz CT molecular complexity index is 1240. The smallest absolute Gasteiger partial charge is 0.390 e. The highest BCUT2D eigenvalue weighted by Crippen LogP contribution is 2.38. The zero-order valence-electron chi connectivity index (χ0n) is 21.1. The molecule has 2 atom stereocenters. The number of likely N-dealkylation sites (tertiary alicyclic amines) is 1. The van der Waals surface area contributed by atoms with E-state index in [1.807, 2.05) is 0 Å². The molecule has 1 aliphatic carbocycles. The fourth-order valence-electron chi connectivity index (χ4n) is 4.69. The fourth-order valence-corrected chi connectivity index (χ4v) is 5.73. The van der Waals surface area contributed by atoms with Crippen LogP contribution in [0.1, 0.15) is 65.9 Å². The van der Waals surface area contributed by atoms with Crippen molar-refractivity contribution < 1.29 is 36.6 Å². The fraction of sp³-hybridized carbons (Fsp3) is 0.583. The molecule has 3 heterocycles. The van der Waals surface area contributed by atoms with Crippen LogP contribution in [0, 0.1) is 6.92 Å². The largest absolute Gasteiger partial charge is 0.408 e. The van der Waals surface area contributed by atoms with Gasteiger partial charge in [-0.3, -0.25) is 9.59 Å². The second kappa shape index (κ2) is 9.70. The quantitative estimate of drug-likeness (QED) is 0.452. The maximum Gasteiger partial charge on any atom is 0.408 e. The Morgan fingerprint density at radius 3 is 2.45 bits per heavy atom. The normalized spacial score (nSPS) is 25.6. The van der Waals surface area contributed by atoms with Gasteiger partial charge in [0.05, 0.1) is 17.0 Å². The lowest BCUT2D eigenvalue weighted by molar-refractivity contribution is -0.138. The van der Waals surface area contributed by atoms with E-state index < -0.39 is 54.6 Å². The summed E-state index contributed by atoms with van der Waals surface area (Å²) in [7, 11) is 0. The van der Waals surface area contributed by atoms with Crippen LogP contribution in [0.2, 0.25) is 0 Å². The monoisotopic (exact) mass is 561 g/mol. The van der Waals surface area contributed by atoms with Crippen LogP contribution in [0.4, 0.5) is 27.8 Å². The first-order chi connectivity index (χ1) is 17.5. The molecule has 1 saturated heterocycles. The average molecular weight is 562 g/mol. The summed E-state index contributed by atoms with van der Waals surface area (Å²) in [6, 6.07) is -1.54. The average Bonchev–Trinajstić information content (AvgIpc) is 3.31. The summed E-state index contributed by atoms with van der Waals surface area (Å²) >= 11 is 0.863. The molecule has 1 aliphatic heterocycles. The first kappa shape index (κ1) is 28.1. The number of amides is 2. The molecule has 1 saturated carbocycles. The van der Waals surface area contributed by atoms with Crippen molar-refractivity contribution in [3.05, 3.63) is 28.5 Å². The van der Waals surface area contributed by atoms with Gasteiger partial charge in [-0.15, -0.1) is 11.3 Å². The third-order valence-electron chi connectivity index (χ3n) is 6.73. The number of thiazole rings is 1. The van der Waals surface area contributed by atoms with E-state index in [-0.39, 0.29) is 27.4 Å². The summed E-state index contributed by atoms with van der Waals surface area (Å²) in [5, 5.41) is 14.9. The molecule has 4 rings (SSSR count). The number of rotatable bonds is 6. The Labute approximate surface area is 219 Å². The van der Waals surface area contributed by atoms with Crippen molar-refractivity contribution >= 4 is 29.0 Å². The van der Waals surface area contributed by atoms with Crippen molar-refractivity contribution in [1.82, 2.24) is 20.2 Å². The Kier molecular flexibility index (Phi) is 7.19. The van der Waals surface area contributed by atoms with Crippen molar-refractivity contribution in [3.63, 3.8) is 0 Å². The van der Waals surface area contributed by atoms with Gasteiger partial charge in [0.2, 0.25) is 0 Å². The molecule has 0 radical (unpaired) electrons. The van der Waals surface area contributed by atoms with Crippen LogP contribution < -0.4 is 10.6 Å². The van der Waals surface area contributed by atoms with E-state index in [4.69, 9.17) is 0 Å². The molecule has 0 bridgehead atoms. The minimum absolute atomic E-state index is 0.0451. The zero-order chi connectivity index (χ0) is 28.2. The van der Waals surface area contributed by atoms with E-state index in [0.717, 1.165) is 23.2 Å². The summed E-state index contributed by atoms with van der Waals surface area (Å²) in [5.41, 5.74) is -0.317. The van der Waals surface area contributed by atoms with Gasteiger partial charge in [-0.1, -0.05) is 0 Å². The van der Waals surface area contributed by atoms with Crippen molar-refractivity contribution in [2.24, 2.45) is 0 Å². The molecule has 2 aromatic rings. The van der Waals surface area contributed by atoms with Crippen molar-refractivity contribution in [1.29, 1.82) is 0 Å². The van der Waals surface area contributed by atoms with Gasteiger partial charge in [-0.2, -0.15) is 13.2 Å². The first-order valence-electron chi connectivity index (χ1n) is 12.0. The predicted octanol–water partition coefficient (Wildman–Crippen LogP) is 4.39. The Morgan fingerprint density at radius 1 is 1.26 bits per heavy atom. The van der Waals surface area contributed by atoms with Crippen molar-refractivity contribution in [2.75, 3.05) is 11.9 Å². The standard InChI is InChI=1S/C24H28F5N5O3S/c1-11-5-16(31-13(3)24(27,28)29)30-9-15(11)18-17(21(36)34-10-23(25,26)6-12(34)2)33-20(38-18)19(35)32-14-7-22(4,37)8-14/h5,9,12-14,37H,6-8,10H2,1-4H3,(H,30,31)(H,32,35)/t12-,13-,14?,22?/m0/s1. The van der Waals surface area contributed by atoms with E-state index in [2.05, 4.69) is 20.6 Å². The number of carbonyl (C=O) groups is 2. The number of hydrogen-bond acceptors (Lipinski definition) is 7. The number of aromatic nitrogens is 2. The minimum atomic E-state index is -4.49. The molecule has 2 aromatic heterocycles. The van der Waals surface area contributed by atoms with E-state index in [1.165, 1.54) is 19.2 Å². The van der Waals surface area contributed by atoms with Crippen molar-refractivity contribution in [3.8, 4) is 10.4 Å². The van der Waals surface area contributed by atoms with Gasteiger partial charge < -0.3 is 20.6 Å².